The van der Waals surface area contributed by atoms with Crippen LogP contribution in [0.15, 0.2) is 42.5 Å². The molecule has 28 heavy (non-hydrogen) atoms. The molecule has 0 aromatic heterocycles. The second kappa shape index (κ2) is 10.6. The second-order valence-corrected chi connectivity index (χ2v) is 6.97. The quantitative estimate of drug-likeness (QED) is 0.696. The van der Waals surface area contributed by atoms with Crippen molar-refractivity contribution < 1.29 is 14.3 Å². The van der Waals surface area contributed by atoms with Crippen molar-refractivity contribution in [2.24, 2.45) is 0 Å². The van der Waals surface area contributed by atoms with Gasteiger partial charge < -0.3 is 25.0 Å². The molecule has 2 amide bonds. The molecule has 0 aliphatic carbocycles. The molecule has 6 nitrogen and oxygen atoms in total. The summed E-state index contributed by atoms with van der Waals surface area (Å²) >= 11 is 0. The van der Waals surface area contributed by atoms with E-state index in [9.17, 15) is 4.79 Å². The number of carbonyl (C=O) groups excluding carboxylic acids is 1. The smallest absolute Gasteiger partial charge is 0.314 e. The Morgan fingerprint density at radius 2 is 1.68 bits per heavy atom. The van der Waals surface area contributed by atoms with Crippen LogP contribution in [0.25, 0.3) is 0 Å². The summed E-state index contributed by atoms with van der Waals surface area (Å²) in [5.74, 6) is 1.39. The van der Waals surface area contributed by atoms with Crippen molar-refractivity contribution in [3.8, 4) is 11.5 Å². The first-order chi connectivity index (χ1) is 13.4. The highest BCUT2D eigenvalue weighted by atomic mass is 16.5. The fourth-order valence-electron chi connectivity index (χ4n) is 3.00. The fraction of sp³-hybridized carbons (Fsp3) is 0.409. The van der Waals surface area contributed by atoms with E-state index in [1.54, 1.807) is 14.2 Å². The fourth-order valence-corrected chi connectivity index (χ4v) is 3.00. The van der Waals surface area contributed by atoms with Gasteiger partial charge in [-0.2, -0.15) is 0 Å². The molecular weight excluding hydrogens is 354 g/mol. The maximum absolute atomic E-state index is 12.2. The molecule has 0 aliphatic heterocycles. The Kier molecular flexibility index (Phi) is 8.14. The predicted molar refractivity (Wildman–Crippen MR) is 112 cm³/mol. The zero-order valence-corrected chi connectivity index (χ0v) is 17.4. The van der Waals surface area contributed by atoms with Crippen molar-refractivity contribution in [1.29, 1.82) is 0 Å². The van der Waals surface area contributed by atoms with E-state index in [0.717, 1.165) is 5.56 Å². The predicted octanol–water partition coefficient (Wildman–Crippen LogP) is 3.16. The maximum atomic E-state index is 12.2. The number of benzene rings is 2. The third-order valence-electron chi connectivity index (χ3n) is 4.69. The van der Waals surface area contributed by atoms with Crippen LogP contribution >= 0.6 is 0 Å². The molecule has 0 aliphatic rings. The topological polar surface area (TPSA) is 62.8 Å². The lowest BCUT2D eigenvalue weighted by atomic mass is 10.0. The Labute approximate surface area is 167 Å². The van der Waals surface area contributed by atoms with Gasteiger partial charge in [0, 0.05) is 13.1 Å². The van der Waals surface area contributed by atoms with E-state index in [0.29, 0.717) is 31.0 Å². The van der Waals surface area contributed by atoms with Gasteiger partial charge in [0.15, 0.2) is 11.5 Å². The minimum absolute atomic E-state index is 0.122. The lowest BCUT2D eigenvalue weighted by Crippen LogP contribution is -2.41. The van der Waals surface area contributed by atoms with E-state index in [4.69, 9.17) is 9.47 Å². The van der Waals surface area contributed by atoms with E-state index < -0.39 is 0 Å². The lowest BCUT2D eigenvalue weighted by Gasteiger charge is -2.25. The maximum Gasteiger partial charge on any atom is 0.314 e. The largest absolute Gasteiger partial charge is 0.493 e. The molecule has 2 aromatic carbocycles. The summed E-state index contributed by atoms with van der Waals surface area (Å²) in [6.07, 6.45) is 0.711. The van der Waals surface area contributed by atoms with Gasteiger partial charge in [0.2, 0.25) is 0 Å². The number of methoxy groups -OCH3 is 2. The summed E-state index contributed by atoms with van der Waals surface area (Å²) in [6, 6.07) is 14.1. The lowest BCUT2D eigenvalue weighted by molar-refractivity contribution is 0.233. The number of nitrogens with one attached hydrogen (secondary N) is 2. The molecule has 1 unspecified atom stereocenters. The number of aryl methyl sites for hydroxylation is 1. The highest BCUT2D eigenvalue weighted by Crippen LogP contribution is 2.27. The number of amides is 2. The normalized spacial score (nSPS) is 11.8. The van der Waals surface area contributed by atoms with Crippen LogP contribution in [0.1, 0.15) is 22.7 Å². The molecule has 152 valence electrons. The third kappa shape index (κ3) is 6.16. The van der Waals surface area contributed by atoms with Crippen molar-refractivity contribution in [1.82, 2.24) is 15.5 Å². The molecule has 6 heteroatoms. The van der Waals surface area contributed by atoms with Gasteiger partial charge in [-0.25, -0.2) is 4.79 Å². The van der Waals surface area contributed by atoms with Crippen LogP contribution in [0.4, 0.5) is 4.79 Å². The molecule has 2 N–H and O–H groups in total. The minimum atomic E-state index is -0.167. The molecule has 0 heterocycles. The van der Waals surface area contributed by atoms with Gasteiger partial charge in [-0.15, -0.1) is 0 Å². The molecule has 2 aromatic rings. The summed E-state index contributed by atoms with van der Waals surface area (Å²) in [7, 11) is 7.26. The SMILES string of the molecule is COc1ccc(CCNC(=O)NCC(c2ccc(C)cc2)N(C)C)cc1OC. The van der Waals surface area contributed by atoms with Crippen LogP contribution in [-0.4, -0.2) is 52.3 Å². The Morgan fingerprint density at radius 1 is 1.00 bits per heavy atom. The summed E-state index contributed by atoms with van der Waals surface area (Å²) in [4.78, 5) is 14.3. The number of urea groups is 1. The van der Waals surface area contributed by atoms with E-state index in [1.165, 1.54) is 11.1 Å². The number of rotatable bonds is 9. The Bertz CT molecular complexity index is 760. The van der Waals surface area contributed by atoms with E-state index >= 15 is 0 Å². The average molecular weight is 386 g/mol. The number of nitrogens with zero attached hydrogens (tertiary/aromatic N) is 1. The average Bonchev–Trinajstić information content (AvgIpc) is 2.69. The molecule has 0 bridgehead atoms. The number of carbonyl (C=O) groups is 1. The first-order valence-corrected chi connectivity index (χ1v) is 9.40. The van der Waals surface area contributed by atoms with Crippen LogP contribution in [0.3, 0.4) is 0 Å². The van der Waals surface area contributed by atoms with Gasteiger partial charge >= 0.3 is 6.03 Å². The minimum Gasteiger partial charge on any atom is -0.493 e. The summed E-state index contributed by atoms with van der Waals surface area (Å²) in [5.41, 5.74) is 3.48. The van der Waals surface area contributed by atoms with Crippen LogP contribution in [0.5, 0.6) is 11.5 Å². The van der Waals surface area contributed by atoms with E-state index in [-0.39, 0.29) is 12.1 Å². The highest BCUT2D eigenvalue weighted by molar-refractivity contribution is 5.73. The van der Waals surface area contributed by atoms with Crippen molar-refractivity contribution in [2.75, 3.05) is 41.4 Å². The highest BCUT2D eigenvalue weighted by Gasteiger charge is 2.15. The molecule has 0 saturated heterocycles. The molecule has 2 rings (SSSR count). The first kappa shape index (κ1) is 21.6. The summed E-state index contributed by atoms with van der Waals surface area (Å²) in [5, 5.41) is 5.88. The van der Waals surface area contributed by atoms with Crippen molar-refractivity contribution in [3.05, 3.63) is 59.2 Å². The van der Waals surface area contributed by atoms with Gasteiger partial charge in [-0.1, -0.05) is 35.9 Å². The Morgan fingerprint density at radius 3 is 2.29 bits per heavy atom. The van der Waals surface area contributed by atoms with Crippen LogP contribution in [-0.2, 0) is 6.42 Å². The second-order valence-electron chi connectivity index (χ2n) is 6.97. The van der Waals surface area contributed by atoms with Crippen LogP contribution in [0, 0.1) is 6.92 Å². The van der Waals surface area contributed by atoms with E-state index in [1.807, 2.05) is 32.3 Å². The molecule has 0 radical (unpaired) electrons. The third-order valence-corrected chi connectivity index (χ3v) is 4.69. The summed E-state index contributed by atoms with van der Waals surface area (Å²) in [6.45, 7) is 3.15. The van der Waals surface area contributed by atoms with Crippen LogP contribution < -0.4 is 20.1 Å². The number of ether oxygens (including phenoxy) is 2. The Hall–Kier alpha value is -2.73. The van der Waals surface area contributed by atoms with Gasteiger partial charge in [0.05, 0.1) is 20.3 Å². The van der Waals surface area contributed by atoms with Crippen molar-refractivity contribution in [3.63, 3.8) is 0 Å². The molecular formula is C22H31N3O3. The van der Waals surface area contributed by atoms with Crippen molar-refractivity contribution in [2.45, 2.75) is 19.4 Å². The molecule has 1 atom stereocenters. The van der Waals surface area contributed by atoms with Gasteiger partial charge in [-0.05, 0) is 50.7 Å². The first-order valence-electron chi connectivity index (χ1n) is 9.40. The zero-order valence-electron chi connectivity index (χ0n) is 17.4. The molecule has 0 fully saturated rings. The number of likely N-dealkylation sites (N-methyl/N-ethyl adjacent to an activating group) is 1. The van der Waals surface area contributed by atoms with Crippen molar-refractivity contribution >= 4 is 6.03 Å². The molecule has 0 saturated carbocycles. The van der Waals surface area contributed by atoms with Gasteiger partial charge in [-0.3, -0.25) is 0 Å². The zero-order chi connectivity index (χ0) is 20.5. The Balaban J connectivity index is 1.82. The monoisotopic (exact) mass is 385 g/mol. The van der Waals surface area contributed by atoms with Crippen LogP contribution in [0.2, 0.25) is 0 Å². The number of hydrogen-bond donors (Lipinski definition) is 2. The summed E-state index contributed by atoms with van der Waals surface area (Å²) < 4.78 is 10.6. The van der Waals surface area contributed by atoms with E-state index in [2.05, 4.69) is 46.7 Å². The van der Waals surface area contributed by atoms with Gasteiger partial charge in [0.25, 0.3) is 0 Å². The standard InChI is InChI=1S/C22H31N3O3/c1-16-6-9-18(10-7-16)19(25(2)3)15-24-22(26)23-13-12-17-8-11-20(27-4)21(14-17)28-5/h6-11,14,19H,12-13,15H2,1-5H3,(H2,23,24,26). The number of hydrogen-bond acceptors (Lipinski definition) is 4. The molecule has 0 spiro atoms. The van der Waals surface area contributed by atoms with Gasteiger partial charge in [0.1, 0.15) is 0 Å².